The van der Waals surface area contributed by atoms with E-state index in [2.05, 4.69) is 28.9 Å². The van der Waals surface area contributed by atoms with Crippen molar-refractivity contribution in [3.05, 3.63) is 24.0 Å². The Morgan fingerprint density at radius 3 is 2.95 bits per heavy atom. The number of nitrogen functional groups attached to an aromatic ring is 1. The Morgan fingerprint density at radius 1 is 1.37 bits per heavy atom. The average molecular weight is 259 g/mol. The molecule has 1 fully saturated rings. The van der Waals surface area contributed by atoms with E-state index in [0.29, 0.717) is 12.0 Å². The molecule has 1 atom stereocenters. The summed E-state index contributed by atoms with van der Waals surface area (Å²) in [6.07, 6.45) is 2.19. The summed E-state index contributed by atoms with van der Waals surface area (Å²) in [5, 5.41) is 8.50. The Morgan fingerprint density at radius 2 is 2.21 bits per heavy atom. The monoisotopic (exact) mass is 259 g/mol. The molecule has 0 radical (unpaired) electrons. The van der Waals surface area contributed by atoms with E-state index in [1.807, 2.05) is 22.6 Å². The lowest BCUT2D eigenvalue weighted by molar-refractivity contribution is 0.264. The number of hydrogen-bond donors (Lipinski definition) is 1. The molecule has 2 aromatic rings. The molecule has 2 aromatic heterocycles. The van der Waals surface area contributed by atoms with Crippen molar-refractivity contribution in [1.29, 1.82) is 0 Å². The zero-order valence-corrected chi connectivity index (χ0v) is 11.6. The molecule has 1 unspecified atom stereocenters. The first-order valence-electron chi connectivity index (χ1n) is 6.97. The van der Waals surface area contributed by atoms with E-state index < -0.39 is 0 Å². The van der Waals surface area contributed by atoms with E-state index in [4.69, 9.17) is 5.73 Å². The SMILES string of the molecule is CC(C)N1CCC(Cc2nnc3cccc(N)n23)C1. The van der Waals surface area contributed by atoms with E-state index in [-0.39, 0.29) is 0 Å². The van der Waals surface area contributed by atoms with Gasteiger partial charge in [-0.2, -0.15) is 0 Å². The fraction of sp³-hybridized carbons (Fsp3) is 0.571. The molecular weight excluding hydrogens is 238 g/mol. The van der Waals surface area contributed by atoms with Crippen LogP contribution >= 0.6 is 0 Å². The molecule has 0 spiro atoms. The van der Waals surface area contributed by atoms with E-state index >= 15 is 0 Å². The van der Waals surface area contributed by atoms with E-state index in [0.717, 1.165) is 30.3 Å². The standard InChI is InChI=1S/C14H21N5/c1-10(2)18-7-6-11(9-18)8-14-17-16-13-5-3-4-12(15)19(13)14/h3-5,10-11H,6-9,15H2,1-2H3. The van der Waals surface area contributed by atoms with Crippen LogP contribution in [0, 0.1) is 5.92 Å². The van der Waals surface area contributed by atoms with E-state index in [9.17, 15) is 0 Å². The van der Waals surface area contributed by atoms with Crippen LogP contribution in [0.2, 0.25) is 0 Å². The Balaban J connectivity index is 1.79. The van der Waals surface area contributed by atoms with Gasteiger partial charge in [-0.25, -0.2) is 0 Å². The molecule has 0 amide bonds. The van der Waals surface area contributed by atoms with Crippen LogP contribution in [0.1, 0.15) is 26.1 Å². The van der Waals surface area contributed by atoms with Crippen LogP contribution in [0.3, 0.4) is 0 Å². The summed E-state index contributed by atoms with van der Waals surface area (Å²) < 4.78 is 1.97. The van der Waals surface area contributed by atoms with Crippen LogP contribution in [-0.4, -0.2) is 38.6 Å². The molecule has 19 heavy (non-hydrogen) atoms. The molecule has 3 rings (SSSR count). The first-order chi connectivity index (χ1) is 9.15. The average Bonchev–Trinajstić information content (AvgIpc) is 2.98. The number of nitrogens with two attached hydrogens (primary N) is 1. The molecule has 1 saturated heterocycles. The van der Waals surface area contributed by atoms with Crippen LogP contribution < -0.4 is 5.73 Å². The van der Waals surface area contributed by atoms with Crippen LogP contribution in [0.25, 0.3) is 5.65 Å². The second-order valence-corrected chi connectivity index (χ2v) is 5.71. The van der Waals surface area contributed by atoms with Gasteiger partial charge in [0, 0.05) is 19.0 Å². The molecular formula is C14H21N5. The van der Waals surface area contributed by atoms with Crippen LogP contribution in [0.4, 0.5) is 5.82 Å². The molecule has 0 aromatic carbocycles. The smallest absolute Gasteiger partial charge is 0.162 e. The Bertz CT molecular complexity index is 574. The zero-order chi connectivity index (χ0) is 13.4. The first-order valence-corrected chi connectivity index (χ1v) is 6.97. The summed E-state index contributed by atoms with van der Waals surface area (Å²) in [6, 6.07) is 6.39. The molecule has 3 heterocycles. The van der Waals surface area contributed by atoms with Gasteiger partial charge < -0.3 is 10.6 Å². The highest BCUT2D eigenvalue weighted by Crippen LogP contribution is 2.22. The summed E-state index contributed by atoms with van der Waals surface area (Å²) in [4.78, 5) is 2.53. The Kier molecular flexibility index (Phi) is 3.14. The third kappa shape index (κ3) is 2.30. The normalized spacial score (nSPS) is 20.7. The molecule has 1 aliphatic heterocycles. The minimum absolute atomic E-state index is 0.630. The Hall–Kier alpha value is -1.62. The van der Waals surface area contributed by atoms with Gasteiger partial charge in [-0.1, -0.05) is 6.07 Å². The summed E-state index contributed by atoms with van der Waals surface area (Å²) in [6.45, 7) is 6.85. The van der Waals surface area contributed by atoms with Crippen molar-refractivity contribution >= 4 is 11.5 Å². The van der Waals surface area contributed by atoms with Crippen LogP contribution in [-0.2, 0) is 6.42 Å². The molecule has 5 nitrogen and oxygen atoms in total. The lowest BCUT2D eigenvalue weighted by Crippen LogP contribution is -2.28. The number of likely N-dealkylation sites (tertiary alicyclic amines) is 1. The predicted octanol–water partition coefficient (Wildman–Crippen LogP) is 1.58. The lowest BCUT2D eigenvalue weighted by atomic mass is 10.0. The highest BCUT2D eigenvalue weighted by molar-refractivity contribution is 5.47. The molecule has 0 saturated carbocycles. The van der Waals surface area contributed by atoms with Crippen LogP contribution in [0.15, 0.2) is 18.2 Å². The largest absolute Gasteiger partial charge is 0.385 e. The molecule has 0 bridgehead atoms. The third-order valence-corrected chi connectivity index (χ3v) is 4.04. The fourth-order valence-electron chi connectivity index (χ4n) is 2.92. The predicted molar refractivity (Wildman–Crippen MR) is 75.9 cm³/mol. The second kappa shape index (κ2) is 4.81. The molecule has 102 valence electrons. The summed E-state index contributed by atoms with van der Waals surface area (Å²) in [7, 11) is 0. The van der Waals surface area contributed by atoms with Crippen molar-refractivity contribution in [3.63, 3.8) is 0 Å². The minimum atomic E-state index is 0.630. The summed E-state index contributed by atoms with van der Waals surface area (Å²) in [5.74, 6) is 2.37. The van der Waals surface area contributed by atoms with E-state index in [1.165, 1.54) is 13.0 Å². The maximum absolute atomic E-state index is 6.02. The number of pyridine rings is 1. The number of nitrogens with zero attached hydrogens (tertiary/aromatic N) is 4. The van der Waals surface area contributed by atoms with Gasteiger partial charge in [0.15, 0.2) is 5.65 Å². The lowest BCUT2D eigenvalue weighted by Gasteiger charge is -2.20. The van der Waals surface area contributed by atoms with Crippen molar-refractivity contribution in [3.8, 4) is 0 Å². The van der Waals surface area contributed by atoms with Crippen molar-refractivity contribution < 1.29 is 0 Å². The molecule has 1 aliphatic rings. The number of anilines is 1. The van der Waals surface area contributed by atoms with Gasteiger partial charge >= 0.3 is 0 Å². The van der Waals surface area contributed by atoms with Gasteiger partial charge in [0.1, 0.15) is 11.6 Å². The first kappa shape index (κ1) is 12.4. The van der Waals surface area contributed by atoms with E-state index in [1.54, 1.807) is 0 Å². The number of fused-ring (bicyclic) bond motifs is 1. The summed E-state index contributed by atoms with van der Waals surface area (Å²) in [5.41, 5.74) is 6.87. The van der Waals surface area contributed by atoms with Gasteiger partial charge in [0.2, 0.25) is 0 Å². The topological polar surface area (TPSA) is 59.5 Å². The quantitative estimate of drug-likeness (QED) is 0.909. The van der Waals surface area contributed by atoms with Crippen molar-refractivity contribution in [2.24, 2.45) is 5.92 Å². The number of aromatic nitrogens is 3. The maximum Gasteiger partial charge on any atom is 0.162 e. The van der Waals surface area contributed by atoms with Gasteiger partial charge in [0.25, 0.3) is 0 Å². The maximum atomic E-state index is 6.02. The highest BCUT2D eigenvalue weighted by atomic mass is 15.3. The Labute approximate surface area is 113 Å². The fourth-order valence-corrected chi connectivity index (χ4v) is 2.92. The number of hydrogen-bond acceptors (Lipinski definition) is 4. The summed E-state index contributed by atoms with van der Waals surface area (Å²) >= 11 is 0. The zero-order valence-electron chi connectivity index (χ0n) is 11.6. The highest BCUT2D eigenvalue weighted by Gasteiger charge is 2.25. The minimum Gasteiger partial charge on any atom is -0.385 e. The second-order valence-electron chi connectivity index (χ2n) is 5.71. The van der Waals surface area contributed by atoms with Gasteiger partial charge in [-0.3, -0.25) is 4.40 Å². The van der Waals surface area contributed by atoms with Gasteiger partial charge in [0.05, 0.1) is 0 Å². The van der Waals surface area contributed by atoms with Gasteiger partial charge in [-0.15, -0.1) is 10.2 Å². The molecule has 0 aliphatic carbocycles. The van der Waals surface area contributed by atoms with Gasteiger partial charge in [-0.05, 0) is 44.9 Å². The molecule has 2 N–H and O–H groups in total. The van der Waals surface area contributed by atoms with Crippen molar-refractivity contribution in [2.45, 2.75) is 32.7 Å². The number of rotatable bonds is 3. The third-order valence-electron chi connectivity index (χ3n) is 4.04. The van der Waals surface area contributed by atoms with Crippen LogP contribution in [0.5, 0.6) is 0 Å². The van der Waals surface area contributed by atoms with Crippen molar-refractivity contribution in [2.75, 3.05) is 18.8 Å². The van der Waals surface area contributed by atoms with Crippen molar-refractivity contribution in [1.82, 2.24) is 19.5 Å². The molecule has 5 heteroatoms.